The molecule has 0 aliphatic carbocycles. The van der Waals surface area contributed by atoms with E-state index in [1.165, 1.54) is 0 Å². The third kappa shape index (κ3) is 1.85. The Morgan fingerprint density at radius 1 is 1.24 bits per heavy atom. The Morgan fingerprint density at radius 2 is 2.06 bits per heavy atom. The number of aromatic nitrogens is 3. The van der Waals surface area contributed by atoms with E-state index in [9.17, 15) is 0 Å². The number of halogens is 1. The predicted molar refractivity (Wildman–Crippen MR) is 71.3 cm³/mol. The molecule has 2 heterocycles. The number of hydrogen-bond donors (Lipinski definition) is 0. The van der Waals surface area contributed by atoms with Gasteiger partial charge < -0.3 is 0 Å². The van der Waals surface area contributed by atoms with Crippen LogP contribution in [0.5, 0.6) is 0 Å². The summed E-state index contributed by atoms with van der Waals surface area (Å²) in [6.07, 6.45) is 3.67. The van der Waals surface area contributed by atoms with Gasteiger partial charge in [-0.3, -0.25) is 0 Å². The van der Waals surface area contributed by atoms with E-state index in [2.05, 4.69) is 38.1 Å². The van der Waals surface area contributed by atoms with Crippen LogP contribution in [0.2, 0.25) is 0 Å². The van der Waals surface area contributed by atoms with E-state index in [4.69, 9.17) is 0 Å². The summed E-state index contributed by atoms with van der Waals surface area (Å²) in [7, 11) is 0. The van der Waals surface area contributed by atoms with Crippen LogP contribution in [-0.2, 0) is 0 Å². The average molecular weight is 288 g/mol. The summed E-state index contributed by atoms with van der Waals surface area (Å²) in [4.78, 5) is 4.64. The molecule has 0 unspecified atom stereocenters. The quantitative estimate of drug-likeness (QED) is 0.686. The van der Waals surface area contributed by atoms with Gasteiger partial charge in [0.15, 0.2) is 5.82 Å². The van der Waals surface area contributed by atoms with Gasteiger partial charge in [-0.1, -0.05) is 18.2 Å². The molecule has 0 spiro atoms. The van der Waals surface area contributed by atoms with E-state index in [1.807, 2.05) is 31.3 Å². The fourth-order valence-corrected chi connectivity index (χ4v) is 2.15. The van der Waals surface area contributed by atoms with Gasteiger partial charge in [-0.2, -0.15) is 5.10 Å². The van der Waals surface area contributed by atoms with Crippen molar-refractivity contribution in [1.29, 1.82) is 0 Å². The lowest BCUT2D eigenvalue weighted by molar-refractivity contribution is 0.844. The molecule has 0 amide bonds. The maximum absolute atomic E-state index is 4.64. The molecule has 2 aromatic heterocycles. The molecule has 1 aromatic carbocycles. The third-order valence-electron chi connectivity index (χ3n) is 2.66. The van der Waals surface area contributed by atoms with Gasteiger partial charge in [-0.25, -0.2) is 9.67 Å². The van der Waals surface area contributed by atoms with Gasteiger partial charge in [0, 0.05) is 11.6 Å². The first kappa shape index (κ1) is 10.5. The molecule has 0 saturated heterocycles. The van der Waals surface area contributed by atoms with Crippen LogP contribution in [0.15, 0.2) is 47.2 Å². The van der Waals surface area contributed by atoms with Crippen molar-refractivity contribution in [2.75, 3.05) is 0 Å². The lowest BCUT2D eigenvalue weighted by Crippen LogP contribution is -2.01. The fraction of sp³-hybridized carbons (Fsp3) is 0.0769. The Balaban J connectivity index is 2.26. The lowest BCUT2D eigenvalue weighted by atomic mass is 10.1. The highest BCUT2D eigenvalue weighted by molar-refractivity contribution is 9.10. The first-order chi connectivity index (χ1) is 8.24. The van der Waals surface area contributed by atoms with Crippen LogP contribution in [0.25, 0.3) is 16.7 Å². The van der Waals surface area contributed by atoms with E-state index in [0.29, 0.717) is 0 Å². The number of rotatable bonds is 1. The highest BCUT2D eigenvalue weighted by atomic mass is 79.9. The van der Waals surface area contributed by atoms with E-state index in [-0.39, 0.29) is 0 Å². The molecule has 3 aromatic rings. The lowest BCUT2D eigenvalue weighted by Gasteiger charge is -2.06. The summed E-state index contributed by atoms with van der Waals surface area (Å²) >= 11 is 3.39. The van der Waals surface area contributed by atoms with Gasteiger partial charge in [0.1, 0.15) is 0 Å². The second-order valence-electron chi connectivity index (χ2n) is 3.92. The molecule has 0 radical (unpaired) electrons. The van der Waals surface area contributed by atoms with Crippen molar-refractivity contribution in [1.82, 2.24) is 14.8 Å². The van der Waals surface area contributed by atoms with Gasteiger partial charge in [0.25, 0.3) is 0 Å². The van der Waals surface area contributed by atoms with Crippen molar-refractivity contribution in [2.24, 2.45) is 0 Å². The number of pyridine rings is 1. The minimum atomic E-state index is 0.870. The number of hydrogen-bond acceptors (Lipinski definition) is 2. The van der Waals surface area contributed by atoms with Crippen molar-refractivity contribution in [2.45, 2.75) is 6.92 Å². The van der Waals surface area contributed by atoms with Crippen molar-refractivity contribution in [3.8, 4) is 5.82 Å². The van der Waals surface area contributed by atoms with Crippen molar-refractivity contribution >= 4 is 26.8 Å². The molecule has 0 fully saturated rings. The summed E-state index contributed by atoms with van der Waals surface area (Å²) in [5, 5.41) is 5.41. The zero-order valence-corrected chi connectivity index (χ0v) is 10.8. The number of benzene rings is 1. The van der Waals surface area contributed by atoms with Gasteiger partial charge in [-0.05, 0) is 40.5 Å². The van der Waals surface area contributed by atoms with E-state index in [0.717, 1.165) is 26.8 Å². The van der Waals surface area contributed by atoms with Crippen LogP contribution >= 0.6 is 15.9 Å². The molecule has 17 heavy (non-hydrogen) atoms. The fourth-order valence-electron chi connectivity index (χ4n) is 1.86. The summed E-state index contributed by atoms with van der Waals surface area (Å²) < 4.78 is 2.73. The van der Waals surface area contributed by atoms with Gasteiger partial charge in [-0.15, -0.1) is 0 Å². The molecule has 3 nitrogen and oxygen atoms in total. The van der Waals surface area contributed by atoms with Crippen LogP contribution in [0, 0.1) is 6.92 Å². The Kier molecular flexibility index (Phi) is 2.44. The Hall–Kier alpha value is -1.68. The number of aryl methyl sites for hydroxylation is 1. The molecule has 0 saturated carbocycles. The Labute approximate surface area is 107 Å². The molecular formula is C13H10BrN3. The molecule has 0 atom stereocenters. The van der Waals surface area contributed by atoms with E-state index >= 15 is 0 Å². The summed E-state index contributed by atoms with van der Waals surface area (Å²) in [6.45, 7) is 2.05. The van der Waals surface area contributed by atoms with Crippen LogP contribution < -0.4 is 0 Å². The smallest absolute Gasteiger partial charge is 0.156 e. The molecule has 84 valence electrons. The Morgan fingerprint density at radius 3 is 2.82 bits per heavy atom. The van der Waals surface area contributed by atoms with Crippen molar-refractivity contribution < 1.29 is 0 Å². The normalized spacial score (nSPS) is 10.9. The van der Waals surface area contributed by atoms with E-state index in [1.54, 1.807) is 10.9 Å². The molecular weight excluding hydrogens is 278 g/mol. The summed E-state index contributed by atoms with van der Waals surface area (Å²) in [5.41, 5.74) is 2.10. The highest BCUT2D eigenvalue weighted by Gasteiger charge is 2.06. The maximum atomic E-state index is 4.64. The molecule has 0 aliphatic rings. The maximum Gasteiger partial charge on any atom is 0.156 e. The monoisotopic (exact) mass is 287 g/mol. The van der Waals surface area contributed by atoms with Crippen molar-refractivity contribution in [3.05, 3.63) is 52.8 Å². The topological polar surface area (TPSA) is 30.7 Å². The highest BCUT2D eigenvalue weighted by Crippen LogP contribution is 2.19. The molecule has 0 aliphatic heterocycles. The van der Waals surface area contributed by atoms with Crippen molar-refractivity contribution in [3.63, 3.8) is 0 Å². The standard InChI is InChI=1S/C13H10BrN3/c1-9-6-10-4-2-3-5-12(10)16-13(9)17-8-11(14)7-15-17/h2-8H,1H3. The minimum Gasteiger partial charge on any atom is -0.228 e. The number of nitrogens with zero attached hydrogens (tertiary/aromatic N) is 3. The van der Waals surface area contributed by atoms with Crippen LogP contribution in [-0.4, -0.2) is 14.8 Å². The average Bonchev–Trinajstić information content (AvgIpc) is 2.75. The zero-order valence-electron chi connectivity index (χ0n) is 9.26. The zero-order chi connectivity index (χ0) is 11.8. The number of fused-ring (bicyclic) bond motifs is 1. The van der Waals surface area contributed by atoms with Gasteiger partial charge in [0.05, 0.1) is 16.2 Å². The van der Waals surface area contributed by atoms with Crippen LogP contribution in [0.3, 0.4) is 0 Å². The third-order valence-corrected chi connectivity index (χ3v) is 3.07. The van der Waals surface area contributed by atoms with Gasteiger partial charge in [0.2, 0.25) is 0 Å². The predicted octanol–water partition coefficient (Wildman–Crippen LogP) is 3.49. The number of para-hydroxylation sites is 1. The summed E-state index contributed by atoms with van der Waals surface area (Å²) in [5.74, 6) is 0.870. The Bertz CT molecular complexity index is 688. The van der Waals surface area contributed by atoms with Crippen LogP contribution in [0.1, 0.15) is 5.56 Å². The first-order valence-corrected chi connectivity index (χ1v) is 6.10. The van der Waals surface area contributed by atoms with E-state index < -0.39 is 0 Å². The minimum absolute atomic E-state index is 0.870. The summed E-state index contributed by atoms with van der Waals surface area (Å²) in [6, 6.07) is 10.2. The first-order valence-electron chi connectivity index (χ1n) is 5.31. The molecule has 3 rings (SSSR count). The molecule has 0 N–H and O–H groups in total. The van der Waals surface area contributed by atoms with Crippen LogP contribution in [0.4, 0.5) is 0 Å². The van der Waals surface area contributed by atoms with Gasteiger partial charge >= 0.3 is 0 Å². The second kappa shape index (κ2) is 3.96. The second-order valence-corrected chi connectivity index (χ2v) is 4.84. The SMILES string of the molecule is Cc1cc2ccccc2nc1-n1cc(Br)cn1. The molecule has 4 heteroatoms. The molecule has 0 bridgehead atoms. The largest absolute Gasteiger partial charge is 0.228 e.